The molecule has 1 atom stereocenters. The highest BCUT2D eigenvalue weighted by Gasteiger charge is 2.32. The van der Waals surface area contributed by atoms with Gasteiger partial charge in [-0.1, -0.05) is 19.3 Å². The first kappa shape index (κ1) is 20.0. The van der Waals surface area contributed by atoms with Crippen LogP contribution in [0.2, 0.25) is 0 Å². The Morgan fingerprint density at radius 3 is 2.74 bits per heavy atom. The maximum absolute atomic E-state index is 13.5. The number of pyridine rings is 1. The molecule has 0 bridgehead atoms. The van der Waals surface area contributed by atoms with Crippen molar-refractivity contribution in [2.45, 2.75) is 58.0 Å². The molecule has 4 heterocycles. The minimum atomic E-state index is -0.0595. The average molecular weight is 423 g/mol. The summed E-state index contributed by atoms with van der Waals surface area (Å²) >= 11 is 0. The molecule has 0 spiro atoms. The molecule has 1 saturated heterocycles. The van der Waals surface area contributed by atoms with Gasteiger partial charge in [-0.05, 0) is 50.3 Å². The van der Waals surface area contributed by atoms with Crippen molar-refractivity contribution in [2.24, 2.45) is 13.0 Å². The van der Waals surface area contributed by atoms with Crippen LogP contribution < -0.4 is 5.69 Å². The maximum atomic E-state index is 13.5. The lowest BCUT2D eigenvalue weighted by atomic mass is 9.89. The molecule has 1 amide bonds. The fraction of sp³-hybridized carbons (Fsp3) is 0.565. The average Bonchev–Trinajstić information content (AvgIpc) is 3.45. The summed E-state index contributed by atoms with van der Waals surface area (Å²) in [5.74, 6) is 0.526. The fourth-order valence-electron chi connectivity index (χ4n) is 5.35. The van der Waals surface area contributed by atoms with E-state index in [2.05, 4.69) is 10.1 Å². The van der Waals surface area contributed by atoms with Crippen LogP contribution in [0.25, 0.3) is 11.2 Å². The van der Waals surface area contributed by atoms with Gasteiger partial charge in [-0.2, -0.15) is 5.10 Å². The molecule has 8 nitrogen and oxygen atoms in total. The van der Waals surface area contributed by atoms with Crippen molar-refractivity contribution in [2.75, 3.05) is 13.1 Å². The molecule has 2 fully saturated rings. The van der Waals surface area contributed by atoms with Crippen molar-refractivity contribution in [3.8, 4) is 0 Å². The topological polar surface area (TPSA) is 78.0 Å². The number of likely N-dealkylation sites (tertiary alicyclic amines) is 1. The minimum Gasteiger partial charge on any atom is -0.335 e. The van der Waals surface area contributed by atoms with Gasteiger partial charge in [0.05, 0.1) is 17.3 Å². The Balaban J connectivity index is 1.44. The van der Waals surface area contributed by atoms with Crippen LogP contribution in [0.3, 0.4) is 0 Å². The SMILES string of the molecule is Cc1cc(C(=O)N2CC[C@@H](n3c(=O)n(CC4CCCCC4)c4cccnc43)C2)n(C)n1. The zero-order valence-corrected chi connectivity index (χ0v) is 18.3. The van der Waals surface area contributed by atoms with Gasteiger partial charge in [0.25, 0.3) is 5.91 Å². The number of aromatic nitrogens is 5. The number of amides is 1. The lowest BCUT2D eigenvalue weighted by Crippen LogP contribution is -2.33. The summed E-state index contributed by atoms with van der Waals surface area (Å²) in [4.78, 5) is 33.0. The number of aryl methyl sites for hydroxylation is 2. The molecule has 1 aliphatic carbocycles. The van der Waals surface area contributed by atoms with Crippen LogP contribution in [0, 0.1) is 12.8 Å². The molecule has 5 rings (SSSR count). The Labute approximate surface area is 181 Å². The Kier molecular flexibility index (Phi) is 5.16. The van der Waals surface area contributed by atoms with Crippen molar-refractivity contribution < 1.29 is 4.79 Å². The van der Waals surface area contributed by atoms with Gasteiger partial charge < -0.3 is 4.90 Å². The third-order valence-corrected chi connectivity index (χ3v) is 6.92. The molecule has 164 valence electrons. The van der Waals surface area contributed by atoms with Crippen molar-refractivity contribution in [3.63, 3.8) is 0 Å². The van der Waals surface area contributed by atoms with Crippen LogP contribution in [0.4, 0.5) is 0 Å². The number of nitrogens with zero attached hydrogens (tertiary/aromatic N) is 6. The first-order valence-corrected chi connectivity index (χ1v) is 11.4. The van der Waals surface area contributed by atoms with Gasteiger partial charge in [0, 0.05) is 32.9 Å². The Bertz CT molecular complexity index is 1170. The van der Waals surface area contributed by atoms with Crippen molar-refractivity contribution in [1.29, 1.82) is 0 Å². The van der Waals surface area contributed by atoms with Crippen LogP contribution in [0.1, 0.15) is 60.7 Å². The molecule has 0 unspecified atom stereocenters. The zero-order chi connectivity index (χ0) is 21.5. The van der Waals surface area contributed by atoms with Gasteiger partial charge in [0.15, 0.2) is 5.65 Å². The molecule has 3 aromatic rings. The molecule has 2 aliphatic rings. The van der Waals surface area contributed by atoms with Crippen LogP contribution in [-0.4, -0.2) is 47.8 Å². The van der Waals surface area contributed by atoms with E-state index in [0.29, 0.717) is 24.7 Å². The molecule has 3 aromatic heterocycles. The third kappa shape index (κ3) is 3.58. The summed E-state index contributed by atoms with van der Waals surface area (Å²) in [6, 6.07) is 5.66. The molecular weight excluding hydrogens is 392 g/mol. The highest BCUT2D eigenvalue weighted by Crippen LogP contribution is 2.28. The monoisotopic (exact) mass is 422 g/mol. The van der Waals surface area contributed by atoms with Gasteiger partial charge in [0.2, 0.25) is 0 Å². The zero-order valence-electron chi connectivity index (χ0n) is 18.3. The molecule has 0 aromatic carbocycles. The molecule has 31 heavy (non-hydrogen) atoms. The number of carbonyl (C=O) groups is 1. The highest BCUT2D eigenvalue weighted by atomic mass is 16.2. The minimum absolute atomic E-state index is 0.00921. The lowest BCUT2D eigenvalue weighted by molar-refractivity contribution is 0.0776. The van der Waals surface area contributed by atoms with E-state index in [9.17, 15) is 9.59 Å². The standard InChI is InChI=1S/C23H30N6O2/c1-16-13-20(26(2)25-16)22(30)27-12-10-18(15-27)29-21-19(9-6-11-24-21)28(23(29)31)14-17-7-4-3-5-8-17/h6,9,11,13,17-18H,3-5,7-8,10,12,14-15H2,1-2H3/t18-/m1/s1. The number of imidazole rings is 1. The van der Waals surface area contributed by atoms with Gasteiger partial charge in [-0.15, -0.1) is 0 Å². The number of fused-ring (bicyclic) bond motifs is 1. The van der Waals surface area contributed by atoms with E-state index in [0.717, 1.165) is 29.8 Å². The Hall–Kier alpha value is -2.90. The highest BCUT2D eigenvalue weighted by molar-refractivity contribution is 5.93. The molecule has 0 radical (unpaired) electrons. The number of rotatable bonds is 4. The summed E-state index contributed by atoms with van der Waals surface area (Å²) in [5.41, 5.74) is 3.06. The van der Waals surface area contributed by atoms with E-state index in [1.54, 1.807) is 17.9 Å². The first-order valence-electron chi connectivity index (χ1n) is 11.4. The van der Waals surface area contributed by atoms with E-state index >= 15 is 0 Å². The van der Waals surface area contributed by atoms with E-state index in [-0.39, 0.29) is 17.6 Å². The smallest absolute Gasteiger partial charge is 0.330 e. The number of hydrogen-bond donors (Lipinski definition) is 0. The summed E-state index contributed by atoms with van der Waals surface area (Å²) in [6.45, 7) is 3.79. The predicted octanol–water partition coefficient (Wildman–Crippen LogP) is 2.91. The van der Waals surface area contributed by atoms with Crippen LogP contribution >= 0.6 is 0 Å². The van der Waals surface area contributed by atoms with Gasteiger partial charge >= 0.3 is 5.69 Å². The van der Waals surface area contributed by atoms with Crippen LogP contribution in [0.5, 0.6) is 0 Å². The lowest BCUT2D eigenvalue weighted by Gasteiger charge is -2.21. The van der Waals surface area contributed by atoms with Crippen molar-refractivity contribution >= 4 is 17.1 Å². The summed E-state index contributed by atoms with van der Waals surface area (Å²) < 4.78 is 5.39. The normalized spacial score (nSPS) is 20.1. The van der Waals surface area contributed by atoms with Crippen molar-refractivity contribution in [1.82, 2.24) is 28.8 Å². The van der Waals surface area contributed by atoms with Crippen LogP contribution in [0.15, 0.2) is 29.2 Å². The van der Waals surface area contributed by atoms with E-state index in [1.165, 1.54) is 32.1 Å². The Morgan fingerprint density at radius 1 is 1.19 bits per heavy atom. The van der Waals surface area contributed by atoms with Gasteiger partial charge in [-0.25, -0.2) is 9.78 Å². The van der Waals surface area contributed by atoms with E-state index in [1.807, 2.05) is 39.2 Å². The largest absolute Gasteiger partial charge is 0.335 e. The second kappa shape index (κ2) is 7.98. The molecule has 1 saturated carbocycles. The third-order valence-electron chi connectivity index (χ3n) is 6.92. The number of carbonyl (C=O) groups excluding carboxylic acids is 1. The van der Waals surface area contributed by atoms with E-state index < -0.39 is 0 Å². The van der Waals surface area contributed by atoms with Gasteiger partial charge in [-0.3, -0.25) is 18.6 Å². The summed E-state index contributed by atoms with van der Waals surface area (Å²) in [7, 11) is 1.79. The summed E-state index contributed by atoms with van der Waals surface area (Å²) in [5, 5.41) is 4.30. The maximum Gasteiger partial charge on any atom is 0.330 e. The first-order chi connectivity index (χ1) is 15.0. The molecule has 8 heteroatoms. The second-order valence-corrected chi connectivity index (χ2v) is 9.10. The fourth-order valence-corrected chi connectivity index (χ4v) is 5.35. The van der Waals surface area contributed by atoms with Crippen LogP contribution in [-0.2, 0) is 13.6 Å². The quantitative estimate of drug-likeness (QED) is 0.648. The van der Waals surface area contributed by atoms with E-state index in [4.69, 9.17) is 0 Å². The van der Waals surface area contributed by atoms with Gasteiger partial charge in [0.1, 0.15) is 5.69 Å². The second-order valence-electron chi connectivity index (χ2n) is 9.10. The number of hydrogen-bond acceptors (Lipinski definition) is 4. The van der Waals surface area contributed by atoms with Crippen molar-refractivity contribution in [3.05, 3.63) is 46.3 Å². The Morgan fingerprint density at radius 2 is 2.00 bits per heavy atom. The molecular formula is C23H30N6O2. The molecule has 1 aliphatic heterocycles. The predicted molar refractivity (Wildman–Crippen MR) is 118 cm³/mol. The molecule has 0 N–H and O–H groups in total. The summed E-state index contributed by atoms with van der Waals surface area (Å²) in [6.07, 6.45) is 8.69.